The van der Waals surface area contributed by atoms with E-state index >= 15 is 0 Å². The molecule has 4 nitrogen and oxygen atoms in total. The van der Waals surface area contributed by atoms with E-state index in [0.29, 0.717) is 11.5 Å². The molecule has 0 heterocycles. The van der Waals surface area contributed by atoms with Gasteiger partial charge in [-0.05, 0) is 24.5 Å². The molecule has 1 rings (SSSR count). The van der Waals surface area contributed by atoms with Crippen LogP contribution in [0.15, 0.2) is 35.8 Å². The molecular weight excluding hydrogens is 286 g/mol. The van der Waals surface area contributed by atoms with Gasteiger partial charge in [-0.15, -0.1) is 0 Å². The molecule has 1 aromatic rings. The Balaban J connectivity index is 0. The van der Waals surface area contributed by atoms with Crippen molar-refractivity contribution in [2.45, 2.75) is 54.4 Å². The molecule has 0 aromatic heterocycles. The van der Waals surface area contributed by atoms with Gasteiger partial charge in [-0.2, -0.15) is 0 Å². The van der Waals surface area contributed by atoms with Gasteiger partial charge in [-0.1, -0.05) is 71.9 Å². The highest BCUT2D eigenvalue weighted by Crippen LogP contribution is 2.14. The number of aryl methyl sites for hydroxylation is 1. The minimum Gasteiger partial charge on any atom is -0.322 e. The van der Waals surface area contributed by atoms with E-state index in [2.05, 4.69) is 37.7 Å². The second kappa shape index (κ2) is 15.0. The van der Waals surface area contributed by atoms with Crippen molar-refractivity contribution in [3.63, 3.8) is 0 Å². The third kappa shape index (κ3) is 11.3. The summed E-state index contributed by atoms with van der Waals surface area (Å²) < 4.78 is 0. The smallest absolute Gasteiger partial charge is 0.239 e. The maximum atomic E-state index is 11.1. The molecule has 0 atom stereocenters. The third-order valence-electron chi connectivity index (χ3n) is 2.50. The number of hydrogen-bond donors (Lipinski definition) is 2. The van der Waals surface area contributed by atoms with E-state index in [0.717, 1.165) is 12.0 Å². The standard InChI is InChI=1S/C14H19N3O.C3H8.C2H6/c1-4-12-5-7-13(8-6-12)10(2)16-11(3)17-14(18)9-15;1-3-2;1-2/h5-8H,2,4,9,15H2,1,3H3,(H,16,17,18);3H2,1-2H3;1-2H3. The Kier molecular flexibility index (Phi) is 15.2. The molecule has 0 spiro atoms. The van der Waals surface area contributed by atoms with E-state index in [9.17, 15) is 4.79 Å². The van der Waals surface area contributed by atoms with Crippen molar-refractivity contribution < 1.29 is 4.79 Å². The van der Waals surface area contributed by atoms with E-state index in [-0.39, 0.29) is 12.5 Å². The van der Waals surface area contributed by atoms with E-state index in [1.165, 1.54) is 12.0 Å². The lowest BCUT2D eigenvalue weighted by atomic mass is 10.1. The minimum atomic E-state index is -0.259. The van der Waals surface area contributed by atoms with Crippen LogP contribution in [0.25, 0.3) is 5.70 Å². The summed E-state index contributed by atoms with van der Waals surface area (Å²) in [4.78, 5) is 15.3. The predicted octanol–water partition coefficient (Wildman–Crippen LogP) is 4.16. The predicted molar refractivity (Wildman–Crippen MR) is 102 cm³/mol. The highest BCUT2D eigenvalue weighted by atomic mass is 16.1. The van der Waals surface area contributed by atoms with Gasteiger partial charge in [0.05, 0.1) is 12.2 Å². The third-order valence-corrected chi connectivity index (χ3v) is 2.50. The molecule has 0 bridgehead atoms. The zero-order chi connectivity index (χ0) is 18.3. The topological polar surface area (TPSA) is 67.5 Å². The van der Waals surface area contributed by atoms with Crippen LogP contribution in [0.1, 0.15) is 59.1 Å². The van der Waals surface area contributed by atoms with Gasteiger partial charge in [0.25, 0.3) is 0 Å². The van der Waals surface area contributed by atoms with E-state index < -0.39 is 0 Å². The Morgan fingerprint density at radius 1 is 1.17 bits per heavy atom. The number of carbonyl (C=O) groups is 1. The summed E-state index contributed by atoms with van der Waals surface area (Å²) in [7, 11) is 0. The Morgan fingerprint density at radius 3 is 2.04 bits per heavy atom. The number of benzene rings is 1. The van der Waals surface area contributed by atoms with Crippen molar-refractivity contribution in [3.05, 3.63) is 42.0 Å². The fraction of sp³-hybridized carbons (Fsp3) is 0.474. The fourth-order valence-electron chi connectivity index (χ4n) is 1.48. The molecular formula is C19H33N3O. The van der Waals surface area contributed by atoms with Crippen LogP contribution < -0.4 is 11.1 Å². The molecule has 0 aliphatic heterocycles. The van der Waals surface area contributed by atoms with Gasteiger partial charge in [0.1, 0.15) is 5.84 Å². The quantitative estimate of drug-likeness (QED) is 0.646. The highest BCUT2D eigenvalue weighted by Gasteiger charge is 2.01. The van der Waals surface area contributed by atoms with Crippen molar-refractivity contribution >= 4 is 17.4 Å². The lowest BCUT2D eigenvalue weighted by Gasteiger charge is -2.05. The van der Waals surface area contributed by atoms with Gasteiger partial charge < -0.3 is 11.1 Å². The molecule has 0 saturated carbocycles. The molecule has 3 N–H and O–H groups in total. The summed E-state index contributed by atoms with van der Waals surface area (Å²) in [6.07, 6.45) is 2.25. The highest BCUT2D eigenvalue weighted by molar-refractivity contribution is 5.99. The lowest BCUT2D eigenvalue weighted by Crippen LogP contribution is -2.33. The van der Waals surface area contributed by atoms with Crippen molar-refractivity contribution in [1.29, 1.82) is 0 Å². The summed E-state index contributed by atoms with van der Waals surface area (Å²) in [5.41, 5.74) is 8.03. The molecule has 0 saturated heterocycles. The lowest BCUT2D eigenvalue weighted by molar-refractivity contribution is -0.118. The summed E-state index contributed by atoms with van der Waals surface area (Å²) in [5.74, 6) is 0.236. The van der Waals surface area contributed by atoms with Gasteiger partial charge in [0, 0.05) is 0 Å². The average molecular weight is 319 g/mol. The van der Waals surface area contributed by atoms with Crippen LogP contribution in [-0.2, 0) is 11.2 Å². The molecule has 1 amide bonds. The van der Waals surface area contributed by atoms with Crippen molar-refractivity contribution in [2.24, 2.45) is 10.7 Å². The molecule has 0 radical (unpaired) electrons. The van der Waals surface area contributed by atoms with Gasteiger partial charge in [-0.3, -0.25) is 4.79 Å². The van der Waals surface area contributed by atoms with E-state index in [1.807, 2.05) is 38.1 Å². The van der Waals surface area contributed by atoms with E-state index in [4.69, 9.17) is 5.73 Å². The molecule has 4 heteroatoms. The van der Waals surface area contributed by atoms with Crippen LogP contribution >= 0.6 is 0 Å². The maximum absolute atomic E-state index is 11.1. The summed E-state index contributed by atoms with van der Waals surface area (Å²) >= 11 is 0. The molecule has 0 aliphatic carbocycles. The number of amidine groups is 1. The van der Waals surface area contributed by atoms with Gasteiger partial charge >= 0.3 is 0 Å². The largest absolute Gasteiger partial charge is 0.322 e. The van der Waals surface area contributed by atoms with Gasteiger partial charge in [0.15, 0.2) is 0 Å². The first kappa shape index (κ1) is 23.3. The van der Waals surface area contributed by atoms with Crippen LogP contribution in [0.3, 0.4) is 0 Å². The number of nitrogens with one attached hydrogen (secondary N) is 1. The molecule has 0 aliphatic rings. The second-order valence-corrected chi connectivity index (χ2v) is 4.65. The minimum absolute atomic E-state index is 0.0511. The number of nitrogens with two attached hydrogens (primary N) is 1. The molecule has 130 valence electrons. The first-order chi connectivity index (χ1) is 11.0. The number of hydrogen-bond acceptors (Lipinski definition) is 3. The van der Waals surface area contributed by atoms with Crippen LogP contribution in [0.4, 0.5) is 0 Å². The average Bonchev–Trinajstić information content (AvgIpc) is 2.57. The Bertz CT molecular complexity index is 476. The molecule has 1 aromatic carbocycles. The number of carbonyl (C=O) groups excluding carboxylic acids is 1. The Hall–Kier alpha value is -1.94. The van der Waals surface area contributed by atoms with Crippen LogP contribution in [-0.4, -0.2) is 18.3 Å². The first-order valence-electron chi connectivity index (χ1n) is 8.31. The van der Waals surface area contributed by atoms with E-state index in [1.54, 1.807) is 6.92 Å². The molecule has 23 heavy (non-hydrogen) atoms. The van der Waals surface area contributed by atoms with Gasteiger partial charge in [0.2, 0.25) is 5.91 Å². The van der Waals surface area contributed by atoms with Crippen molar-refractivity contribution in [3.8, 4) is 0 Å². The maximum Gasteiger partial charge on any atom is 0.239 e. The molecule has 0 unspecified atom stereocenters. The monoisotopic (exact) mass is 319 g/mol. The van der Waals surface area contributed by atoms with Crippen molar-refractivity contribution in [2.75, 3.05) is 6.54 Å². The Labute approximate surface area is 141 Å². The summed E-state index contributed by atoms with van der Waals surface area (Å²) in [5, 5.41) is 2.58. The number of amides is 1. The summed E-state index contributed by atoms with van der Waals surface area (Å²) in [6, 6.07) is 8.04. The first-order valence-corrected chi connectivity index (χ1v) is 8.31. The normalized spacial score (nSPS) is 9.78. The number of aliphatic imine (C=N–C) groups is 1. The fourth-order valence-corrected chi connectivity index (χ4v) is 1.48. The zero-order valence-corrected chi connectivity index (χ0v) is 15.6. The second-order valence-electron chi connectivity index (χ2n) is 4.65. The van der Waals surface area contributed by atoms with Crippen molar-refractivity contribution in [1.82, 2.24) is 5.32 Å². The summed E-state index contributed by atoms with van der Waals surface area (Å²) in [6.45, 7) is 15.9. The van der Waals surface area contributed by atoms with Gasteiger partial charge in [-0.25, -0.2) is 4.99 Å². The van der Waals surface area contributed by atoms with Crippen LogP contribution in [0.5, 0.6) is 0 Å². The SMILES string of the molecule is C=C(N=C(C)NC(=O)CN)c1ccc(CC)cc1.CC.CCC. The Morgan fingerprint density at radius 2 is 1.65 bits per heavy atom. The zero-order valence-electron chi connectivity index (χ0n) is 15.6. The van der Waals surface area contributed by atoms with Crippen LogP contribution in [0.2, 0.25) is 0 Å². The molecule has 0 fully saturated rings. The van der Waals surface area contributed by atoms with Crippen LogP contribution in [0, 0.1) is 0 Å². The number of rotatable bonds is 4. The number of nitrogens with zero attached hydrogens (tertiary/aromatic N) is 1.